The van der Waals surface area contributed by atoms with Crippen LogP contribution in [0.4, 0.5) is 30.7 Å². The van der Waals surface area contributed by atoms with Gasteiger partial charge in [0.05, 0.1) is 5.92 Å². The molecule has 0 aromatic carbocycles. The molecule has 0 aromatic rings. The third kappa shape index (κ3) is 2.62. The molecule has 5 unspecified atom stereocenters. The largest absolute Gasteiger partial charge is 0.450 e. The zero-order valence-corrected chi connectivity index (χ0v) is 13.4. The molecule has 2 aliphatic carbocycles. The number of halogens is 7. The SMILES string of the molecule is COC1(C(F)(F)F)OCC(F)(F)C(OC(=O)C2CC3C=CC2C3)C1(F)F. The third-order valence-electron chi connectivity index (χ3n) is 5.10. The number of allylic oxidation sites excluding steroid dienone is 2. The Morgan fingerprint density at radius 3 is 2.27 bits per heavy atom. The first-order chi connectivity index (χ1) is 11.9. The summed E-state index contributed by atoms with van der Waals surface area (Å²) in [4.78, 5) is 12.1. The molecule has 2 fully saturated rings. The van der Waals surface area contributed by atoms with Gasteiger partial charge in [-0.3, -0.25) is 4.79 Å². The smallest absolute Gasteiger partial charge is 0.449 e. The van der Waals surface area contributed by atoms with Gasteiger partial charge in [-0.25, -0.2) is 0 Å². The standard InChI is InChI=1S/C15H15F7O4/c1-24-14(15(20,21)22)13(18,19)11(12(16,17)6-25-14)26-10(23)9-5-7-2-3-8(9)4-7/h2-3,7-9,11H,4-6H2,1H3. The van der Waals surface area contributed by atoms with E-state index in [0.717, 1.165) is 0 Å². The highest BCUT2D eigenvalue weighted by Crippen LogP contribution is 2.55. The predicted molar refractivity (Wildman–Crippen MR) is 70.4 cm³/mol. The Morgan fingerprint density at radius 1 is 1.15 bits per heavy atom. The molecule has 1 saturated carbocycles. The van der Waals surface area contributed by atoms with Gasteiger partial charge < -0.3 is 14.2 Å². The average molecular weight is 392 g/mol. The van der Waals surface area contributed by atoms with Crippen molar-refractivity contribution in [3.8, 4) is 0 Å². The normalized spacial score (nSPS) is 40.6. The van der Waals surface area contributed by atoms with Gasteiger partial charge in [0, 0.05) is 7.11 Å². The highest BCUT2D eigenvalue weighted by molar-refractivity contribution is 5.74. The Kier molecular flexibility index (Phi) is 4.34. The average Bonchev–Trinajstić information content (AvgIpc) is 3.13. The zero-order valence-electron chi connectivity index (χ0n) is 13.4. The van der Waals surface area contributed by atoms with Crippen molar-refractivity contribution in [3.05, 3.63) is 12.2 Å². The van der Waals surface area contributed by atoms with Gasteiger partial charge in [0.2, 0.25) is 6.10 Å². The number of hydrogen-bond donors (Lipinski definition) is 0. The van der Waals surface area contributed by atoms with Crippen LogP contribution in [0, 0.1) is 17.8 Å². The Hall–Kier alpha value is -1.36. The summed E-state index contributed by atoms with van der Waals surface area (Å²) >= 11 is 0. The molecule has 26 heavy (non-hydrogen) atoms. The van der Waals surface area contributed by atoms with Crippen molar-refractivity contribution in [1.82, 2.24) is 0 Å². The topological polar surface area (TPSA) is 44.8 Å². The molecule has 1 heterocycles. The maximum Gasteiger partial charge on any atom is 0.450 e. The van der Waals surface area contributed by atoms with Gasteiger partial charge in [-0.05, 0) is 24.7 Å². The number of alkyl halides is 7. The Bertz CT molecular complexity index is 618. The lowest BCUT2D eigenvalue weighted by Crippen LogP contribution is -2.74. The van der Waals surface area contributed by atoms with Crippen LogP contribution in [0.2, 0.25) is 0 Å². The predicted octanol–water partition coefficient (Wildman–Crippen LogP) is 3.32. The van der Waals surface area contributed by atoms with Gasteiger partial charge in [-0.1, -0.05) is 12.2 Å². The van der Waals surface area contributed by atoms with Crippen LogP contribution in [-0.2, 0) is 19.0 Å². The molecule has 2 bridgehead atoms. The van der Waals surface area contributed by atoms with Crippen molar-refractivity contribution in [1.29, 1.82) is 0 Å². The number of carbonyl (C=O) groups is 1. The number of carbonyl (C=O) groups excluding carboxylic acids is 1. The minimum atomic E-state index is -5.85. The van der Waals surface area contributed by atoms with Crippen LogP contribution in [-0.4, -0.2) is 49.6 Å². The second-order valence-corrected chi connectivity index (χ2v) is 6.69. The Labute approximate surface area is 143 Å². The number of hydrogen-bond acceptors (Lipinski definition) is 4. The van der Waals surface area contributed by atoms with Crippen molar-refractivity contribution in [3.63, 3.8) is 0 Å². The molecule has 4 nitrogen and oxygen atoms in total. The third-order valence-corrected chi connectivity index (χ3v) is 5.10. The maximum atomic E-state index is 14.5. The molecule has 0 N–H and O–H groups in total. The van der Waals surface area contributed by atoms with Crippen LogP contribution >= 0.6 is 0 Å². The van der Waals surface area contributed by atoms with Gasteiger partial charge in [-0.2, -0.15) is 30.7 Å². The lowest BCUT2D eigenvalue weighted by atomic mass is 9.91. The number of esters is 1. The van der Waals surface area contributed by atoms with Crippen LogP contribution in [0.1, 0.15) is 12.8 Å². The van der Waals surface area contributed by atoms with E-state index in [0.29, 0.717) is 6.42 Å². The van der Waals surface area contributed by atoms with E-state index in [9.17, 15) is 35.5 Å². The van der Waals surface area contributed by atoms with Crippen LogP contribution < -0.4 is 0 Å². The zero-order chi connectivity index (χ0) is 19.5. The van der Waals surface area contributed by atoms with E-state index in [4.69, 9.17) is 0 Å². The number of methoxy groups -OCH3 is 1. The van der Waals surface area contributed by atoms with Crippen LogP contribution in [0.3, 0.4) is 0 Å². The monoisotopic (exact) mass is 392 g/mol. The van der Waals surface area contributed by atoms with Crippen LogP contribution in [0.25, 0.3) is 0 Å². The Balaban J connectivity index is 1.89. The van der Waals surface area contributed by atoms with Crippen molar-refractivity contribution in [2.75, 3.05) is 13.7 Å². The fourth-order valence-electron chi connectivity index (χ4n) is 3.80. The fraction of sp³-hybridized carbons (Fsp3) is 0.800. The molecule has 148 valence electrons. The minimum Gasteiger partial charge on any atom is -0.449 e. The molecule has 1 aliphatic heterocycles. The quantitative estimate of drug-likeness (QED) is 0.420. The molecule has 0 spiro atoms. The summed E-state index contributed by atoms with van der Waals surface area (Å²) in [6, 6.07) is 0. The van der Waals surface area contributed by atoms with Gasteiger partial charge >= 0.3 is 29.8 Å². The van der Waals surface area contributed by atoms with Crippen molar-refractivity contribution in [2.24, 2.45) is 17.8 Å². The summed E-state index contributed by atoms with van der Waals surface area (Å²) in [7, 11) is 0.254. The van der Waals surface area contributed by atoms with Gasteiger partial charge in [0.15, 0.2) is 0 Å². The van der Waals surface area contributed by atoms with E-state index in [2.05, 4.69) is 14.2 Å². The fourth-order valence-corrected chi connectivity index (χ4v) is 3.80. The number of fused-ring (bicyclic) bond motifs is 2. The highest BCUT2D eigenvalue weighted by Gasteiger charge is 2.82. The van der Waals surface area contributed by atoms with E-state index in [1.165, 1.54) is 0 Å². The number of rotatable bonds is 3. The second kappa shape index (κ2) is 5.82. The molecular formula is C15H15F7O4. The van der Waals surface area contributed by atoms with Gasteiger partial charge in [0.1, 0.15) is 6.61 Å². The van der Waals surface area contributed by atoms with Crippen molar-refractivity contribution >= 4 is 5.97 Å². The summed E-state index contributed by atoms with van der Waals surface area (Å²) in [6.45, 7) is -2.04. The van der Waals surface area contributed by atoms with E-state index in [-0.39, 0.29) is 25.4 Å². The molecule has 11 heteroatoms. The molecule has 0 radical (unpaired) electrons. The lowest BCUT2D eigenvalue weighted by molar-refractivity contribution is -0.484. The first kappa shape index (κ1) is 19.4. The molecule has 0 amide bonds. The molecule has 1 saturated heterocycles. The van der Waals surface area contributed by atoms with E-state index in [1.54, 1.807) is 6.08 Å². The lowest BCUT2D eigenvalue weighted by Gasteiger charge is -2.48. The summed E-state index contributed by atoms with van der Waals surface area (Å²) in [5, 5.41) is 0. The summed E-state index contributed by atoms with van der Waals surface area (Å²) in [5.41, 5.74) is 0. The highest BCUT2D eigenvalue weighted by atomic mass is 19.4. The first-order valence-corrected chi connectivity index (χ1v) is 7.76. The van der Waals surface area contributed by atoms with E-state index >= 15 is 0 Å². The number of ether oxygens (including phenoxy) is 3. The van der Waals surface area contributed by atoms with E-state index in [1.807, 2.05) is 6.08 Å². The second-order valence-electron chi connectivity index (χ2n) is 6.69. The van der Waals surface area contributed by atoms with Gasteiger partial charge in [0.25, 0.3) is 0 Å². The molecule has 0 aromatic heterocycles. The van der Waals surface area contributed by atoms with Crippen LogP contribution in [0.15, 0.2) is 12.2 Å². The van der Waals surface area contributed by atoms with Gasteiger partial charge in [-0.15, -0.1) is 0 Å². The summed E-state index contributed by atoms with van der Waals surface area (Å²) < 4.78 is 108. The minimum absolute atomic E-state index is 0.00139. The summed E-state index contributed by atoms with van der Waals surface area (Å²) in [6.07, 6.45) is -5.29. The molecule has 3 aliphatic rings. The van der Waals surface area contributed by atoms with Crippen LogP contribution in [0.5, 0.6) is 0 Å². The Morgan fingerprint density at radius 2 is 1.81 bits per heavy atom. The maximum absolute atomic E-state index is 14.5. The molecular weight excluding hydrogens is 377 g/mol. The summed E-state index contributed by atoms with van der Waals surface area (Å²) in [5.74, 6) is -17.2. The van der Waals surface area contributed by atoms with Crippen molar-refractivity contribution in [2.45, 2.75) is 42.8 Å². The molecule has 3 rings (SSSR count). The molecule has 5 atom stereocenters. The first-order valence-electron chi connectivity index (χ1n) is 7.76. The van der Waals surface area contributed by atoms with E-state index < -0.39 is 48.4 Å². The van der Waals surface area contributed by atoms with Crippen molar-refractivity contribution < 1.29 is 49.7 Å².